The Kier molecular flexibility index (Phi) is 5.72. The van der Waals surface area contributed by atoms with E-state index in [1.165, 1.54) is 7.11 Å². The molecule has 6 nitrogen and oxygen atoms in total. The maximum Gasteiger partial charge on any atom is 0.306 e. The number of nitrogens with two attached hydrogens (primary N) is 1. The molecular formula is C19H25NO5. The van der Waals surface area contributed by atoms with Crippen LogP contribution in [0.2, 0.25) is 0 Å². The SMILES string of the molecule is COC(=O)CCc1ccc2c(CCC(=O)OC(C)(C)C)oc(N)c2c1. The lowest BCUT2D eigenvalue weighted by Gasteiger charge is -2.19. The highest BCUT2D eigenvalue weighted by Gasteiger charge is 2.18. The molecule has 0 aliphatic carbocycles. The Bertz CT molecular complexity index is 770. The molecule has 0 spiro atoms. The van der Waals surface area contributed by atoms with Crippen molar-refractivity contribution in [2.75, 3.05) is 12.8 Å². The van der Waals surface area contributed by atoms with Gasteiger partial charge in [-0.3, -0.25) is 9.59 Å². The van der Waals surface area contributed by atoms with Crippen molar-refractivity contribution in [2.24, 2.45) is 0 Å². The summed E-state index contributed by atoms with van der Waals surface area (Å²) in [4.78, 5) is 23.1. The number of hydrogen-bond acceptors (Lipinski definition) is 6. The predicted molar refractivity (Wildman–Crippen MR) is 95.1 cm³/mol. The number of methoxy groups -OCH3 is 1. The second kappa shape index (κ2) is 7.59. The highest BCUT2D eigenvalue weighted by atomic mass is 16.6. The minimum absolute atomic E-state index is 0.226. The molecule has 1 aromatic heterocycles. The summed E-state index contributed by atoms with van der Waals surface area (Å²) >= 11 is 0. The summed E-state index contributed by atoms with van der Waals surface area (Å²) < 4.78 is 15.6. The number of esters is 2. The van der Waals surface area contributed by atoms with Gasteiger partial charge in [-0.1, -0.05) is 12.1 Å². The first-order chi connectivity index (χ1) is 11.7. The number of anilines is 1. The Morgan fingerprint density at radius 1 is 1.08 bits per heavy atom. The van der Waals surface area contributed by atoms with Crippen LogP contribution in [0, 0.1) is 0 Å². The number of aryl methyl sites for hydroxylation is 2. The van der Waals surface area contributed by atoms with E-state index in [0.29, 0.717) is 30.9 Å². The van der Waals surface area contributed by atoms with Gasteiger partial charge in [-0.15, -0.1) is 0 Å². The molecule has 0 amide bonds. The van der Waals surface area contributed by atoms with E-state index in [4.69, 9.17) is 14.9 Å². The summed E-state index contributed by atoms with van der Waals surface area (Å²) in [5.74, 6) is 0.454. The Labute approximate surface area is 147 Å². The van der Waals surface area contributed by atoms with Crippen LogP contribution in [0.4, 0.5) is 5.88 Å². The molecule has 0 atom stereocenters. The van der Waals surface area contributed by atoms with Crippen molar-refractivity contribution >= 4 is 28.6 Å². The molecule has 6 heteroatoms. The van der Waals surface area contributed by atoms with Crippen LogP contribution >= 0.6 is 0 Å². The molecular weight excluding hydrogens is 322 g/mol. The van der Waals surface area contributed by atoms with Gasteiger partial charge in [0.15, 0.2) is 5.88 Å². The van der Waals surface area contributed by atoms with E-state index in [9.17, 15) is 9.59 Å². The first-order valence-corrected chi connectivity index (χ1v) is 8.28. The minimum atomic E-state index is -0.504. The average Bonchev–Trinajstić information content (AvgIpc) is 2.85. The summed E-state index contributed by atoms with van der Waals surface area (Å²) in [6, 6.07) is 5.75. The van der Waals surface area contributed by atoms with E-state index in [2.05, 4.69) is 4.74 Å². The second-order valence-electron chi connectivity index (χ2n) is 6.93. The number of carbonyl (C=O) groups excluding carboxylic acids is 2. The van der Waals surface area contributed by atoms with Gasteiger partial charge in [-0.25, -0.2) is 0 Å². The lowest BCUT2D eigenvalue weighted by molar-refractivity contribution is -0.154. The predicted octanol–water partition coefficient (Wildman–Crippen LogP) is 3.39. The smallest absolute Gasteiger partial charge is 0.306 e. The second-order valence-corrected chi connectivity index (χ2v) is 6.93. The van der Waals surface area contributed by atoms with Crippen molar-refractivity contribution in [2.45, 2.75) is 52.1 Å². The van der Waals surface area contributed by atoms with Gasteiger partial charge in [0.25, 0.3) is 0 Å². The van der Waals surface area contributed by atoms with Crippen molar-refractivity contribution in [1.82, 2.24) is 0 Å². The Morgan fingerprint density at radius 3 is 2.40 bits per heavy atom. The average molecular weight is 347 g/mol. The molecule has 0 fully saturated rings. The summed E-state index contributed by atoms with van der Waals surface area (Å²) in [7, 11) is 1.37. The number of furan rings is 1. The minimum Gasteiger partial charge on any atom is -0.469 e. The van der Waals surface area contributed by atoms with Crippen molar-refractivity contribution in [1.29, 1.82) is 0 Å². The Morgan fingerprint density at radius 2 is 1.76 bits per heavy atom. The molecule has 0 bridgehead atoms. The topological polar surface area (TPSA) is 91.8 Å². The first kappa shape index (κ1) is 18.8. The van der Waals surface area contributed by atoms with E-state index in [0.717, 1.165) is 16.3 Å². The third kappa shape index (κ3) is 5.24. The highest BCUT2D eigenvalue weighted by Crippen LogP contribution is 2.30. The number of rotatable bonds is 6. The fraction of sp³-hybridized carbons (Fsp3) is 0.474. The Balaban J connectivity index is 2.09. The third-order valence-corrected chi connectivity index (χ3v) is 3.70. The van der Waals surface area contributed by atoms with Gasteiger partial charge >= 0.3 is 11.9 Å². The lowest BCUT2D eigenvalue weighted by Crippen LogP contribution is -2.23. The fourth-order valence-electron chi connectivity index (χ4n) is 2.58. The standard InChI is InChI=1S/C19H25NO5/c1-19(2,3)25-17(22)10-8-15-13-7-5-12(6-9-16(21)23-4)11-14(13)18(20)24-15/h5,7,11H,6,8-10,20H2,1-4H3. The summed E-state index contributed by atoms with van der Waals surface area (Å²) in [5.41, 5.74) is 6.43. The van der Waals surface area contributed by atoms with E-state index in [1.807, 2.05) is 39.0 Å². The zero-order valence-corrected chi connectivity index (χ0v) is 15.2. The van der Waals surface area contributed by atoms with Crippen LogP contribution in [0.5, 0.6) is 0 Å². The quantitative estimate of drug-likeness (QED) is 0.805. The fourth-order valence-corrected chi connectivity index (χ4v) is 2.58. The summed E-state index contributed by atoms with van der Waals surface area (Å²) in [6.07, 6.45) is 1.53. The van der Waals surface area contributed by atoms with E-state index < -0.39 is 5.60 Å². The largest absolute Gasteiger partial charge is 0.469 e. The van der Waals surface area contributed by atoms with Gasteiger partial charge in [0, 0.05) is 23.6 Å². The maximum absolute atomic E-state index is 11.9. The van der Waals surface area contributed by atoms with Gasteiger partial charge in [-0.2, -0.15) is 0 Å². The molecule has 1 heterocycles. The molecule has 0 saturated carbocycles. The molecule has 2 aromatic rings. The van der Waals surface area contributed by atoms with Crippen molar-refractivity contribution in [3.05, 3.63) is 29.5 Å². The van der Waals surface area contributed by atoms with Crippen molar-refractivity contribution in [3.63, 3.8) is 0 Å². The van der Waals surface area contributed by atoms with E-state index in [1.54, 1.807) is 0 Å². The first-order valence-electron chi connectivity index (χ1n) is 8.28. The number of nitrogen functional groups attached to an aromatic ring is 1. The highest BCUT2D eigenvalue weighted by molar-refractivity contribution is 5.93. The third-order valence-electron chi connectivity index (χ3n) is 3.70. The van der Waals surface area contributed by atoms with Crippen LogP contribution in [0.25, 0.3) is 10.8 Å². The summed E-state index contributed by atoms with van der Waals surface area (Å²) in [5, 5.41) is 1.67. The van der Waals surface area contributed by atoms with Crippen molar-refractivity contribution < 1.29 is 23.5 Å². The van der Waals surface area contributed by atoms with E-state index in [-0.39, 0.29) is 18.4 Å². The van der Waals surface area contributed by atoms with Crippen LogP contribution < -0.4 is 5.73 Å². The van der Waals surface area contributed by atoms with Gasteiger partial charge in [0.05, 0.1) is 13.5 Å². The van der Waals surface area contributed by atoms with Gasteiger partial charge < -0.3 is 19.6 Å². The van der Waals surface area contributed by atoms with Crippen LogP contribution in [0.3, 0.4) is 0 Å². The molecule has 2 N–H and O–H groups in total. The number of hydrogen-bond donors (Lipinski definition) is 1. The van der Waals surface area contributed by atoms with E-state index >= 15 is 0 Å². The molecule has 25 heavy (non-hydrogen) atoms. The van der Waals surface area contributed by atoms with Gasteiger partial charge in [0.2, 0.25) is 0 Å². The van der Waals surface area contributed by atoms with Crippen molar-refractivity contribution in [3.8, 4) is 0 Å². The molecule has 0 saturated heterocycles. The van der Waals surface area contributed by atoms with Crippen LogP contribution in [-0.4, -0.2) is 24.6 Å². The number of benzene rings is 1. The number of fused-ring (bicyclic) bond motifs is 1. The maximum atomic E-state index is 11.9. The Hall–Kier alpha value is -2.50. The van der Waals surface area contributed by atoms with Crippen LogP contribution in [0.1, 0.15) is 44.9 Å². The zero-order chi connectivity index (χ0) is 18.6. The lowest BCUT2D eigenvalue weighted by atomic mass is 10.0. The number of ether oxygens (including phenoxy) is 2. The molecule has 2 rings (SSSR count). The van der Waals surface area contributed by atoms with Gasteiger partial charge in [0.1, 0.15) is 11.4 Å². The molecule has 0 aliphatic heterocycles. The molecule has 0 aliphatic rings. The monoisotopic (exact) mass is 347 g/mol. The van der Waals surface area contributed by atoms with Crippen LogP contribution in [-0.2, 0) is 31.9 Å². The molecule has 136 valence electrons. The molecule has 0 unspecified atom stereocenters. The summed E-state index contributed by atoms with van der Waals surface area (Å²) in [6.45, 7) is 5.50. The molecule has 0 radical (unpaired) electrons. The molecule has 1 aromatic carbocycles. The normalized spacial score (nSPS) is 11.5. The van der Waals surface area contributed by atoms with Gasteiger partial charge in [-0.05, 0) is 38.8 Å². The number of carbonyl (C=O) groups is 2. The van der Waals surface area contributed by atoms with Crippen LogP contribution in [0.15, 0.2) is 22.6 Å². The zero-order valence-electron chi connectivity index (χ0n) is 15.2.